The normalized spacial score (nSPS) is 35.0. The van der Waals surface area contributed by atoms with Crippen LogP contribution in [-0.2, 0) is 9.53 Å². The van der Waals surface area contributed by atoms with E-state index in [4.69, 9.17) is 4.74 Å². The summed E-state index contributed by atoms with van der Waals surface area (Å²) in [7, 11) is 0. The van der Waals surface area contributed by atoms with Crippen molar-refractivity contribution in [3.05, 3.63) is 0 Å². The van der Waals surface area contributed by atoms with Crippen molar-refractivity contribution in [3.8, 4) is 0 Å². The molecule has 0 spiro atoms. The third-order valence-electron chi connectivity index (χ3n) is 2.97. The Morgan fingerprint density at radius 3 is 2.54 bits per heavy atom. The van der Waals surface area contributed by atoms with Gasteiger partial charge in [-0.25, -0.2) is 0 Å². The van der Waals surface area contributed by atoms with Crippen LogP contribution in [-0.4, -0.2) is 42.5 Å². The monoisotopic (exact) mass is 183 g/mol. The molecule has 13 heavy (non-hydrogen) atoms. The van der Waals surface area contributed by atoms with Crippen molar-refractivity contribution >= 4 is 5.78 Å². The third-order valence-corrected chi connectivity index (χ3v) is 2.97. The lowest BCUT2D eigenvalue weighted by molar-refractivity contribution is -0.135. The van der Waals surface area contributed by atoms with Gasteiger partial charge in [0.15, 0.2) is 0 Å². The Balaban J connectivity index is 2.05. The third kappa shape index (κ3) is 1.76. The number of piperidine rings is 1. The molecule has 3 nitrogen and oxygen atoms in total. The Hall–Kier alpha value is -0.410. The van der Waals surface area contributed by atoms with Crippen LogP contribution in [0, 0.1) is 0 Å². The molecule has 2 fully saturated rings. The lowest BCUT2D eigenvalue weighted by atomic mass is 9.93. The number of rotatable bonds is 2. The molecule has 74 valence electrons. The van der Waals surface area contributed by atoms with Crippen LogP contribution in [0.15, 0.2) is 0 Å². The van der Waals surface area contributed by atoms with E-state index in [1.807, 2.05) is 0 Å². The van der Waals surface area contributed by atoms with Crippen molar-refractivity contribution in [1.82, 2.24) is 4.90 Å². The molecule has 0 N–H and O–H groups in total. The van der Waals surface area contributed by atoms with Gasteiger partial charge in [-0.1, -0.05) is 6.92 Å². The predicted octanol–water partition coefficient (Wildman–Crippen LogP) is 0.829. The molecule has 0 aromatic heterocycles. The van der Waals surface area contributed by atoms with E-state index in [9.17, 15) is 4.79 Å². The highest BCUT2D eigenvalue weighted by Gasteiger charge is 2.37. The highest BCUT2D eigenvalue weighted by Crippen LogP contribution is 2.25. The van der Waals surface area contributed by atoms with E-state index in [1.165, 1.54) is 6.42 Å². The Labute approximate surface area is 79.0 Å². The average molecular weight is 183 g/mol. The molecule has 3 heteroatoms. The van der Waals surface area contributed by atoms with Gasteiger partial charge in [-0.2, -0.15) is 0 Å². The first kappa shape index (κ1) is 9.16. The number of nitrogens with zero attached hydrogens (tertiary/aromatic N) is 1. The number of ketones is 1. The molecule has 2 unspecified atom stereocenters. The number of morpholine rings is 1. The van der Waals surface area contributed by atoms with Crippen LogP contribution in [0.3, 0.4) is 0 Å². The van der Waals surface area contributed by atoms with Gasteiger partial charge in [0.2, 0.25) is 0 Å². The van der Waals surface area contributed by atoms with Gasteiger partial charge in [0, 0.05) is 24.9 Å². The topological polar surface area (TPSA) is 29.5 Å². The number of hydrogen-bond donors (Lipinski definition) is 0. The molecule has 2 bridgehead atoms. The van der Waals surface area contributed by atoms with Gasteiger partial charge in [-0.15, -0.1) is 0 Å². The Bertz CT molecular complexity index is 189. The fourth-order valence-corrected chi connectivity index (χ4v) is 2.41. The first-order chi connectivity index (χ1) is 6.31. The Morgan fingerprint density at radius 2 is 2.00 bits per heavy atom. The van der Waals surface area contributed by atoms with Crippen molar-refractivity contribution in [2.75, 3.05) is 19.8 Å². The number of fused-ring (bicyclic) bond motifs is 2. The first-order valence-electron chi connectivity index (χ1n) is 5.16. The van der Waals surface area contributed by atoms with Crippen LogP contribution in [0.2, 0.25) is 0 Å². The molecule has 0 aromatic carbocycles. The van der Waals surface area contributed by atoms with E-state index in [0.717, 1.165) is 19.8 Å². The zero-order valence-electron chi connectivity index (χ0n) is 8.16. The molecular formula is C10H17NO2. The first-order valence-corrected chi connectivity index (χ1v) is 5.16. The quantitative estimate of drug-likeness (QED) is 0.635. The number of carbonyl (C=O) groups is 1. The largest absolute Gasteiger partial charge is 0.378 e. The van der Waals surface area contributed by atoms with Gasteiger partial charge >= 0.3 is 0 Å². The summed E-state index contributed by atoms with van der Waals surface area (Å²) in [6.45, 7) is 4.81. The Kier molecular flexibility index (Phi) is 2.65. The van der Waals surface area contributed by atoms with E-state index in [2.05, 4.69) is 11.8 Å². The smallest absolute Gasteiger partial charge is 0.136 e. The summed E-state index contributed by atoms with van der Waals surface area (Å²) >= 11 is 0. The summed E-state index contributed by atoms with van der Waals surface area (Å²) in [5, 5.41) is 0. The van der Waals surface area contributed by atoms with E-state index in [-0.39, 0.29) is 0 Å². The molecule has 2 aliphatic rings. The summed E-state index contributed by atoms with van der Waals surface area (Å²) in [6.07, 6.45) is 2.58. The predicted molar refractivity (Wildman–Crippen MR) is 49.6 cm³/mol. The van der Waals surface area contributed by atoms with Crippen molar-refractivity contribution in [2.24, 2.45) is 0 Å². The minimum absolute atomic E-state index is 0.375. The molecule has 2 saturated heterocycles. The molecule has 2 heterocycles. The zero-order valence-corrected chi connectivity index (χ0v) is 8.16. The van der Waals surface area contributed by atoms with Crippen LogP contribution >= 0.6 is 0 Å². The molecular weight excluding hydrogens is 166 g/mol. The maximum atomic E-state index is 11.3. The summed E-state index contributed by atoms with van der Waals surface area (Å²) in [5.74, 6) is 0.422. The van der Waals surface area contributed by atoms with Gasteiger partial charge < -0.3 is 4.74 Å². The summed E-state index contributed by atoms with van der Waals surface area (Å²) in [4.78, 5) is 13.8. The van der Waals surface area contributed by atoms with Crippen LogP contribution < -0.4 is 0 Å². The number of carbonyl (C=O) groups excluding carboxylic acids is 1. The van der Waals surface area contributed by atoms with Crippen LogP contribution in [0.4, 0.5) is 0 Å². The Morgan fingerprint density at radius 1 is 1.38 bits per heavy atom. The van der Waals surface area contributed by atoms with E-state index < -0.39 is 0 Å². The van der Waals surface area contributed by atoms with Gasteiger partial charge in [0.1, 0.15) is 5.78 Å². The van der Waals surface area contributed by atoms with Crippen molar-refractivity contribution < 1.29 is 9.53 Å². The lowest BCUT2D eigenvalue weighted by Crippen LogP contribution is -2.57. The number of ether oxygens (including phenoxy) is 1. The molecule has 0 amide bonds. The van der Waals surface area contributed by atoms with Crippen molar-refractivity contribution in [3.63, 3.8) is 0 Å². The summed E-state index contributed by atoms with van der Waals surface area (Å²) in [5.41, 5.74) is 0. The number of Topliss-reactive ketones (excluding diaryl/α,β-unsaturated/α-hetero) is 1. The minimum Gasteiger partial charge on any atom is -0.378 e. The second kappa shape index (κ2) is 3.76. The fraction of sp³-hybridized carbons (Fsp3) is 0.900. The van der Waals surface area contributed by atoms with Gasteiger partial charge in [-0.3, -0.25) is 9.69 Å². The van der Waals surface area contributed by atoms with Crippen molar-refractivity contribution in [2.45, 2.75) is 38.3 Å². The maximum Gasteiger partial charge on any atom is 0.136 e. The van der Waals surface area contributed by atoms with E-state index >= 15 is 0 Å². The molecule has 0 saturated carbocycles. The average Bonchev–Trinajstić information content (AvgIpc) is 2.07. The summed E-state index contributed by atoms with van der Waals surface area (Å²) < 4.78 is 5.47. The zero-order chi connectivity index (χ0) is 9.26. The van der Waals surface area contributed by atoms with Gasteiger partial charge in [0.25, 0.3) is 0 Å². The molecule has 2 rings (SSSR count). The molecule has 0 aliphatic carbocycles. The van der Waals surface area contributed by atoms with E-state index in [0.29, 0.717) is 30.7 Å². The van der Waals surface area contributed by atoms with Gasteiger partial charge in [0.05, 0.1) is 13.2 Å². The van der Waals surface area contributed by atoms with Gasteiger partial charge in [-0.05, 0) is 13.0 Å². The van der Waals surface area contributed by atoms with Crippen LogP contribution in [0.25, 0.3) is 0 Å². The van der Waals surface area contributed by atoms with Crippen LogP contribution in [0.5, 0.6) is 0 Å². The fourth-order valence-electron chi connectivity index (χ4n) is 2.41. The SMILES string of the molecule is CCCN1C2COCC1CC(=O)C2. The second-order valence-electron chi connectivity index (χ2n) is 4.03. The minimum atomic E-state index is 0.375. The number of hydrogen-bond acceptors (Lipinski definition) is 3. The van der Waals surface area contributed by atoms with Crippen LogP contribution in [0.1, 0.15) is 26.2 Å². The van der Waals surface area contributed by atoms with E-state index in [1.54, 1.807) is 0 Å². The lowest BCUT2D eigenvalue weighted by Gasteiger charge is -2.44. The maximum absolute atomic E-state index is 11.3. The highest BCUT2D eigenvalue weighted by atomic mass is 16.5. The molecule has 0 aromatic rings. The highest BCUT2D eigenvalue weighted by molar-refractivity contribution is 5.80. The molecule has 2 aliphatic heterocycles. The standard InChI is InChI=1S/C10H17NO2/c1-2-3-11-8-4-10(12)5-9(11)7-13-6-8/h8-9H,2-7H2,1H3. The second-order valence-corrected chi connectivity index (χ2v) is 4.03. The molecule has 0 radical (unpaired) electrons. The van der Waals surface area contributed by atoms with Crippen molar-refractivity contribution in [1.29, 1.82) is 0 Å². The molecule has 2 atom stereocenters. The summed E-state index contributed by atoms with van der Waals surface area (Å²) in [6, 6.07) is 0.750.